The molecule has 1 unspecified atom stereocenters. The Kier molecular flexibility index (Phi) is 3.70. The van der Waals surface area contributed by atoms with Crippen molar-refractivity contribution >= 4 is 28.0 Å². The predicted molar refractivity (Wildman–Crippen MR) is 63.1 cm³/mol. The molecule has 0 radical (unpaired) electrons. The highest BCUT2D eigenvalue weighted by atomic mass is 32.3. The number of carbonyl (C=O) groups is 2. The fourth-order valence-corrected chi connectivity index (χ4v) is 2.39. The van der Waals surface area contributed by atoms with Crippen LogP contribution in [0.15, 0.2) is 0 Å². The van der Waals surface area contributed by atoms with Gasteiger partial charge in [0.15, 0.2) is 0 Å². The molecule has 2 rings (SSSR count). The summed E-state index contributed by atoms with van der Waals surface area (Å²) >= 11 is 0. The third kappa shape index (κ3) is 2.76. The highest BCUT2D eigenvalue weighted by Crippen LogP contribution is 2.23. The number of esters is 1. The molecule has 2 heterocycles. The van der Waals surface area contributed by atoms with Crippen LogP contribution in [0, 0.1) is 0 Å². The van der Waals surface area contributed by atoms with E-state index in [2.05, 4.69) is 19.9 Å². The van der Waals surface area contributed by atoms with Gasteiger partial charge in [-0.3, -0.25) is 14.8 Å². The molecule has 0 bridgehead atoms. The molecule has 1 amide bonds. The number of aromatic nitrogens is 3. The Hall–Kier alpha value is -2.04. The Labute approximate surface area is 113 Å². The molecule has 1 aromatic heterocycles. The zero-order valence-electron chi connectivity index (χ0n) is 10.4. The molecule has 1 fully saturated rings. The summed E-state index contributed by atoms with van der Waals surface area (Å²) in [4.78, 5) is 27.6. The third-order valence-corrected chi connectivity index (χ3v) is 3.78. The van der Waals surface area contributed by atoms with Gasteiger partial charge in [0.05, 0.1) is 6.61 Å². The fourth-order valence-electron chi connectivity index (χ4n) is 1.72. The molecule has 0 aromatic carbocycles. The molecule has 0 saturated carbocycles. The fraction of sp³-hybridized carbons (Fsp3) is 0.556. The zero-order valence-corrected chi connectivity index (χ0v) is 11.2. The number of anilines is 1. The summed E-state index contributed by atoms with van der Waals surface area (Å²) in [7, 11) is -4.81. The van der Waals surface area contributed by atoms with E-state index in [0.717, 1.165) is 4.90 Å². The Morgan fingerprint density at radius 3 is 2.85 bits per heavy atom. The molecule has 110 valence electrons. The number of nitrogens with zero attached hydrogens (tertiary/aromatic N) is 3. The van der Waals surface area contributed by atoms with Crippen LogP contribution in [0.1, 0.15) is 24.0 Å². The van der Waals surface area contributed by atoms with E-state index >= 15 is 0 Å². The first-order valence-electron chi connectivity index (χ1n) is 5.66. The van der Waals surface area contributed by atoms with Crippen LogP contribution < -0.4 is 4.90 Å². The van der Waals surface area contributed by atoms with Crippen LogP contribution in [0.2, 0.25) is 0 Å². The number of hydrogen-bond donors (Lipinski definition) is 1. The maximum Gasteiger partial charge on any atom is 0.375 e. The quantitative estimate of drug-likeness (QED) is 0.581. The minimum atomic E-state index is -4.81. The van der Waals surface area contributed by atoms with Gasteiger partial charge in [-0.2, -0.15) is 13.4 Å². The van der Waals surface area contributed by atoms with Crippen LogP contribution in [-0.4, -0.2) is 53.9 Å². The minimum Gasteiger partial charge on any atom is -0.460 e. The number of ether oxygens (including phenoxy) is 1. The Bertz CT molecular complexity index is 643. The number of carbonyl (C=O) groups excluding carboxylic acids is 2. The molecule has 1 aliphatic rings. The summed E-state index contributed by atoms with van der Waals surface area (Å²) in [6, 6.07) is 0. The van der Waals surface area contributed by atoms with Gasteiger partial charge in [0.25, 0.3) is 5.95 Å². The van der Waals surface area contributed by atoms with Crippen molar-refractivity contribution < 1.29 is 26.6 Å². The summed E-state index contributed by atoms with van der Waals surface area (Å²) < 4.78 is 39.1. The third-order valence-electron chi connectivity index (χ3n) is 2.67. The Balaban J connectivity index is 2.17. The largest absolute Gasteiger partial charge is 0.460 e. The van der Waals surface area contributed by atoms with Crippen molar-refractivity contribution in [2.75, 3.05) is 18.1 Å². The average Bonchev–Trinajstić information content (AvgIpc) is 2.94. The molecule has 9 nitrogen and oxygen atoms in total. The molecule has 1 saturated heterocycles. The maximum absolute atomic E-state index is 12.9. The van der Waals surface area contributed by atoms with Crippen LogP contribution in [-0.2, 0) is 19.8 Å². The van der Waals surface area contributed by atoms with Gasteiger partial charge in [0, 0.05) is 13.0 Å². The normalized spacial score (nSPS) is 19.4. The number of rotatable bonds is 4. The van der Waals surface area contributed by atoms with Gasteiger partial charge in [-0.25, -0.2) is 4.79 Å². The number of amides is 1. The van der Waals surface area contributed by atoms with Crippen LogP contribution in [0.25, 0.3) is 0 Å². The minimum absolute atomic E-state index is 0.139. The lowest BCUT2D eigenvalue weighted by molar-refractivity contribution is -0.117. The monoisotopic (exact) mass is 306 g/mol. The molecule has 0 aliphatic carbocycles. The van der Waals surface area contributed by atoms with Gasteiger partial charge < -0.3 is 4.74 Å². The molecule has 1 aliphatic heterocycles. The van der Waals surface area contributed by atoms with Crippen molar-refractivity contribution in [1.82, 2.24) is 15.2 Å². The standard InChI is InChI=1S/C9H11FN4O5S/c1-2-19-8(16)7-11-9(13-12-7)14-4-5(3-6(14)15)20(10,17)18/h5H,2-4H2,1H3,(H,11,12,13). The molecular formula is C9H11FN4O5S. The van der Waals surface area contributed by atoms with E-state index in [1.807, 2.05) is 0 Å². The smallest absolute Gasteiger partial charge is 0.375 e. The molecular weight excluding hydrogens is 295 g/mol. The summed E-state index contributed by atoms with van der Waals surface area (Å²) in [6.45, 7) is 1.35. The van der Waals surface area contributed by atoms with Gasteiger partial charge in [-0.05, 0) is 6.92 Å². The second kappa shape index (κ2) is 5.15. The second-order valence-corrected chi connectivity index (χ2v) is 5.63. The van der Waals surface area contributed by atoms with Gasteiger partial charge in [-0.15, -0.1) is 8.98 Å². The summed E-state index contributed by atoms with van der Waals surface area (Å²) in [5.74, 6) is -1.80. The van der Waals surface area contributed by atoms with Crippen molar-refractivity contribution in [3.8, 4) is 0 Å². The first kappa shape index (κ1) is 14.4. The number of nitrogens with one attached hydrogen (secondary N) is 1. The lowest BCUT2D eigenvalue weighted by Gasteiger charge is -2.09. The van der Waals surface area contributed by atoms with Crippen LogP contribution in [0.5, 0.6) is 0 Å². The predicted octanol–water partition coefficient (Wildman–Crippen LogP) is -0.614. The molecule has 11 heteroatoms. The van der Waals surface area contributed by atoms with Crippen LogP contribution >= 0.6 is 0 Å². The topological polar surface area (TPSA) is 122 Å². The van der Waals surface area contributed by atoms with Gasteiger partial charge in [0.2, 0.25) is 11.7 Å². The van der Waals surface area contributed by atoms with E-state index in [-0.39, 0.29) is 18.4 Å². The highest BCUT2D eigenvalue weighted by molar-refractivity contribution is 7.87. The van der Waals surface area contributed by atoms with Crippen molar-refractivity contribution in [2.45, 2.75) is 18.6 Å². The molecule has 1 aromatic rings. The average molecular weight is 306 g/mol. The Morgan fingerprint density at radius 1 is 1.60 bits per heavy atom. The van der Waals surface area contributed by atoms with Crippen molar-refractivity contribution in [3.05, 3.63) is 5.82 Å². The second-order valence-electron chi connectivity index (χ2n) is 4.01. The summed E-state index contributed by atoms with van der Waals surface area (Å²) in [5.41, 5.74) is 0. The zero-order chi connectivity index (χ0) is 14.9. The first-order chi connectivity index (χ1) is 9.32. The molecule has 0 spiro atoms. The lowest BCUT2D eigenvalue weighted by Crippen LogP contribution is -2.28. The van der Waals surface area contributed by atoms with Crippen molar-refractivity contribution in [3.63, 3.8) is 0 Å². The van der Waals surface area contributed by atoms with Gasteiger partial charge >= 0.3 is 16.2 Å². The summed E-state index contributed by atoms with van der Waals surface area (Å²) in [5, 5.41) is 4.44. The van der Waals surface area contributed by atoms with Gasteiger partial charge in [-0.1, -0.05) is 0 Å². The van der Waals surface area contributed by atoms with Crippen molar-refractivity contribution in [2.24, 2.45) is 0 Å². The highest BCUT2D eigenvalue weighted by Gasteiger charge is 2.40. The van der Waals surface area contributed by atoms with E-state index in [0.29, 0.717) is 0 Å². The number of hydrogen-bond acceptors (Lipinski definition) is 7. The van der Waals surface area contributed by atoms with Gasteiger partial charge in [0.1, 0.15) is 5.25 Å². The van der Waals surface area contributed by atoms with Crippen molar-refractivity contribution in [1.29, 1.82) is 0 Å². The van der Waals surface area contributed by atoms with E-state index in [9.17, 15) is 21.9 Å². The number of aromatic amines is 1. The Morgan fingerprint density at radius 2 is 2.30 bits per heavy atom. The van der Waals surface area contributed by atoms with E-state index in [4.69, 9.17) is 0 Å². The maximum atomic E-state index is 12.9. The summed E-state index contributed by atoms with van der Waals surface area (Å²) in [6.07, 6.45) is -0.484. The van der Waals surface area contributed by atoms with E-state index in [1.54, 1.807) is 6.92 Å². The molecule has 20 heavy (non-hydrogen) atoms. The SMILES string of the molecule is CCOC(=O)c1nc(N2CC(S(=O)(=O)F)CC2=O)n[nH]1. The molecule has 1 atom stereocenters. The van der Waals surface area contributed by atoms with Crippen LogP contribution in [0.4, 0.5) is 9.83 Å². The number of H-pyrrole nitrogens is 1. The molecule has 1 N–H and O–H groups in total. The lowest BCUT2D eigenvalue weighted by atomic mass is 10.4. The number of halogens is 1. The first-order valence-corrected chi connectivity index (χ1v) is 7.11. The van der Waals surface area contributed by atoms with Crippen LogP contribution in [0.3, 0.4) is 0 Å². The van der Waals surface area contributed by atoms with E-state index < -0.39 is 40.3 Å². The van der Waals surface area contributed by atoms with E-state index in [1.165, 1.54) is 0 Å².